The van der Waals surface area contributed by atoms with Crippen molar-refractivity contribution in [2.45, 2.75) is 26.3 Å². The zero-order valence-corrected chi connectivity index (χ0v) is 11.8. The minimum Gasteiger partial charge on any atom is -0.507 e. The summed E-state index contributed by atoms with van der Waals surface area (Å²) in [4.78, 5) is 0. The number of phenols is 1. The highest BCUT2D eigenvalue weighted by molar-refractivity contribution is 5.51. The van der Waals surface area contributed by atoms with Gasteiger partial charge in [-0.05, 0) is 24.3 Å². The molecule has 2 aliphatic heterocycles. The monoisotopic (exact) mass is 279 g/mol. The number of ether oxygens (including phenoxy) is 3. The third-order valence-electron chi connectivity index (χ3n) is 4.14. The van der Waals surface area contributed by atoms with Crippen LogP contribution in [-0.4, -0.2) is 31.7 Å². The maximum absolute atomic E-state index is 9.98. The van der Waals surface area contributed by atoms with E-state index in [9.17, 15) is 5.11 Å². The fraction of sp³-hybridized carbons (Fsp3) is 0.600. The molecule has 20 heavy (non-hydrogen) atoms. The van der Waals surface area contributed by atoms with Crippen LogP contribution in [0.5, 0.6) is 17.2 Å². The van der Waals surface area contributed by atoms with Crippen LogP contribution >= 0.6 is 0 Å². The van der Waals surface area contributed by atoms with E-state index in [0.29, 0.717) is 18.0 Å². The van der Waals surface area contributed by atoms with Gasteiger partial charge >= 0.3 is 0 Å². The molecule has 5 heteroatoms. The van der Waals surface area contributed by atoms with E-state index in [4.69, 9.17) is 14.2 Å². The Kier molecular flexibility index (Phi) is 3.72. The van der Waals surface area contributed by atoms with E-state index in [-0.39, 0.29) is 18.0 Å². The molecular weight excluding hydrogens is 258 g/mol. The number of hydrogen-bond acceptors (Lipinski definition) is 5. The normalized spacial score (nSPS) is 20.1. The summed E-state index contributed by atoms with van der Waals surface area (Å²) in [5.74, 6) is 1.57. The van der Waals surface area contributed by atoms with Gasteiger partial charge in [-0.3, -0.25) is 0 Å². The highest BCUT2D eigenvalue weighted by Crippen LogP contribution is 2.37. The first-order chi connectivity index (χ1) is 9.66. The molecular formula is C15H21NO4. The van der Waals surface area contributed by atoms with E-state index in [1.54, 1.807) is 6.07 Å². The summed E-state index contributed by atoms with van der Waals surface area (Å²) in [7, 11) is 0. The van der Waals surface area contributed by atoms with Crippen LogP contribution in [0.25, 0.3) is 0 Å². The summed E-state index contributed by atoms with van der Waals surface area (Å²) in [5.41, 5.74) is 1.12. The van der Waals surface area contributed by atoms with Crippen molar-refractivity contribution in [1.82, 2.24) is 5.32 Å². The lowest BCUT2D eigenvalue weighted by molar-refractivity contribution is 0.0240. The first-order valence-corrected chi connectivity index (χ1v) is 7.06. The Morgan fingerprint density at radius 1 is 1.20 bits per heavy atom. The number of benzene rings is 1. The topological polar surface area (TPSA) is 60.0 Å². The van der Waals surface area contributed by atoms with Gasteiger partial charge in [0.25, 0.3) is 0 Å². The van der Waals surface area contributed by atoms with Crippen molar-refractivity contribution in [2.24, 2.45) is 5.41 Å². The average molecular weight is 279 g/mol. The highest BCUT2D eigenvalue weighted by Gasteiger charge is 2.27. The predicted molar refractivity (Wildman–Crippen MR) is 74.1 cm³/mol. The number of nitrogens with one attached hydrogen (secondary N) is 1. The van der Waals surface area contributed by atoms with Gasteiger partial charge in [0.15, 0.2) is 11.5 Å². The number of hydrogen-bond donors (Lipinski definition) is 2. The van der Waals surface area contributed by atoms with Crippen molar-refractivity contribution < 1.29 is 19.3 Å². The number of phenolic OH excluding ortho intramolecular Hbond substituents is 1. The summed E-state index contributed by atoms with van der Waals surface area (Å²) >= 11 is 0. The van der Waals surface area contributed by atoms with Crippen LogP contribution in [0.1, 0.15) is 25.3 Å². The molecule has 2 heterocycles. The van der Waals surface area contributed by atoms with Crippen molar-refractivity contribution in [1.29, 1.82) is 0 Å². The second-order valence-electron chi connectivity index (χ2n) is 5.86. The Hall–Kier alpha value is -1.46. The number of aromatic hydroxyl groups is 1. The molecule has 0 aromatic heterocycles. The van der Waals surface area contributed by atoms with E-state index in [2.05, 4.69) is 12.2 Å². The van der Waals surface area contributed by atoms with Crippen LogP contribution in [-0.2, 0) is 11.3 Å². The molecule has 0 unspecified atom stereocenters. The third kappa shape index (κ3) is 2.83. The molecule has 0 atom stereocenters. The molecule has 1 saturated heterocycles. The molecule has 1 aromatic carbocycles. The van der Waals surface area contributed by atoms with E-state index in [0.717, 1.165) is 38.2 Å². The van der Waals surface area contributed by atoms with Gasteiger partial charge in [-0.15, -0.1) is 0 Å². The second kappa shape index (κ2) is 5.50. The van der Waals surface area contributed by atoms with Crippen molar-refractivity contribution >= 4 is 0 Å². The molecule has 0 saturated carbocycles. The summed E-state index contributed by atoms with van der Waals surface area (Å²) < 4.78 is 16.0. The Morgan fingerprint density at radius 2 is 1.90 bits per heavy atom. The standard InChI is InChI=1S/C15H21NO4/c1-15(2-4-18-5-3-15)9-16-8-11-6-13-14(7-12(11)17)20-10-19-13/h6-7,16-17H,2-5,8-10H2,1H3. The van der Waals surface area contributed by atoms with Crippen LogP contribution in [0.15, 0.2) is 12.1 Å². The van der Waals surface area contributed by atoms with Crippen LogP contribution in [0, 0.1) is 5.41 Å². The smallest absolute Gasteiger partial charge is 0.231 e. The lowest BCUT2D eigenvalue weighted by Crippen LogP contribution is -2.36. The molecule has 0 aliphatic carbocycles. The maximum Gasteiger partial charge on any atom is 0.231 e. The fourth-order valence-electron chi connectivity index (χ4n) is 2.65. The molecule has 3 rings (SSSR count). The Balaban J connectivity index is 1.58. The highest BCUT2D eigenvalue weighted by atomic mass is 16.7. The molecule has 2 aliphatic rings. The van der Waals surface area contributed by atoms with Gasteiger partial charge in [-0.2, -0.15) is 0 Å². The van der Waals surface area contributed by atoms with Crippen LogP contribution < -0.4 is 14.8 Å². The van der Waals surface area contributed by atoms with E-state index in [1.807, 2.05) is 6.07 Å². The summed E-state index contributed by atoms with van der Waals surface area (Å²) in [6, 6.07) is 3.46. The summed E-state index contributed by atoms with van der Waals surface area (Å²) in [6.07, 6.45) is 2.15. The van der Waals surface area contributed by atoms with Crippen molar-refractivity contribution in [3.8, 4) is 17.2 Å². The molecule has 110 valence electrons. The summed E-state index contributed by atoms with van der Waals surface area (Å²) in [6.45, 7) is 5.73. The number of fused-ring (bicyclic) bond motifs is 1. The van der Waals surface area contributed by atoms with Gasteiger partial charge in [-0.1, -0.05) is 6.92 Å². The largest absolute Gasteiger partial charge is 0.507 e. The van der Waals surface area contributed by atoms with Gasteiger partial charge in [0.1, 0.15) is 5.75 Å². The molecule has 5 nitrogen and oxygen atoms in total. The van der Waals surface area contributed by atoms with Crippen molar-refractivity contribution in [3.05, 3.63) is 17.7 Å². The second-order valence-corrected chi connectivity index (χ2v) is 5.86. The van der Waals surface area contributed by atoms with Crippen LogP contribution in [0.2, 0.25) is 0 Å². The van der Waals surface area contributed by atoms with E-state index in [1.165, 1.54) is 0 Å². The minimum absolute atomic E-state index is 0.226. The van der Waals surface area contributed by atoms with Gasteiger partial charge in [-0.25, -0.2) is 0 Å². The molecule has 1 fully saturated rings. The minimum atomic E-state index is 0.226. The molecule has 0 bridgehead atoms. The zero-order valence-electron chi connectivity index (χ0n) is 11.8. The molecule has 2 N–H and O–H groups in total. The lowest BCUT2D eigenvalue weighted by atomic mass is 9.82. The molecule has 0 spiro atoms. The molecule has 0 amide bonds. The lowest BCUT2D eigenvalue weighted by Gasteiger charge is -2.33. The fourth-order valence-corrected chi connectivity index (χ4v) is 2.65. The SMILES string of the molecule is CC1(CNCc2cc3c(cc2O)OCO3)CCOCC1. The third-order valence-corrected chi connectivity index (χ3v) is 4.14. The van der Waals surface area contributed by atoms with Gasteiger partial charge in [0.05, 0.1) is 0 Å². The first kappa shape index (κ1) is 13.5. The van der Waals surface area contributed by atoms with Gasteiger partial charge < -0.3 is 24.6 Å². The van der Waals surface area contributed by atoms with Crippen molar-refractivity contribution in [3.63, 3.8) is 0 Å². The van der Waals surface area contributed by atoms with E-state index >= 15 is 0 Å². The van der Waals surface area contributed by atoms with Crippen LogP contribution in [0.3, 0.4) is 0 Å². The van der Waals surface area contributed by atoms with Gasteiger partial charge in [0.2, 0.25) is 6.79 Å². The first-order valence-electron chi connectivity index (χ1n) is 7.06. The maximum atomic E-state index is 9.98. The van der Waals surface area contributed by atoms with Gasteiger partial charge in [0, 0.05) is 37.9 Å². The average Bonchev–Trinajstić information content (AvgIpc) is 2.86. The predicted octanol–water partition coefficient (Wildman–Crippen LogP) is 2.03. The summed E-state index contributed by atoms with van der Waals surface area (Å²) in [5, 5.41) is 13.4. The number of rotatable bonds is 4. The Bertz CT molecular complexity index is 483. The zero-order chi connectivity index (χ0) is 14.0. The molecule has 1 aromatic rings. The van der Waals surface area contributed by atoms with Crippen molar-refractivity contribution in [2.75, 3.05) is 26.6 Å². The molecule has 0 radical (unpaired) electrons. The quantitative estimate of drug-likeness (QED) is 0.883. The Labute approximate surface area is 118 Å². The Morgan fingerprint density at radius 3 is 2.65 bits per heavy atom. The van der Waals surface area contributed by atoms with Crippen LogP contribution in [0.4, 0.5) is 0 Å². The van der Waals surface area contributed by atoms with E-state index < -0.39 is 0 Å².